The maximum absolute atomic E-state index is 13.6. The second-order valence-electron chi connectivity index (χ2n) is 9.40. The summed E-state index contributed by atoms with van der Waals surface area (Å²) < 4.78 is 41.1. The third-order valence-electron chi connectivity index (χ3n) is 6.37. The van der Waals surface area contributed by atoms with Crippen LogP contribution in [0.1, 0.15) is 48.9 Å². The summed E-state index contributed by atoms with van der Waals surface area (Å²) in [6, 6.07) is 20.6. The largest absolute Gasteiger partial charge is 0.354 e. The van der Waals surface area contributed by atoms with Gasteiger partial charge in [-0.2, -0.15) is 0 Å². The van der Waals surface area contributed by atoms with Gasteiger partial charge < -0.3 is 10.2 Å². The fourth-order valence-corrected chi connectivity index (χ4v) is 5.51. The number of carbonyl (C=O) groups is 2. The van der Waals surface area contributed by atoms with Crippen molar-refractivity contribution < 1.29 is 22.4 Å². The van der Waals surface area contributed by atoms with Crippen LogP contribution in [0, 0.1) is 5.82 Å². The highest BCUT2D eigenvalue weighted by atomic mass is 32.2. The first-order valence-electron chi connectivity index (χ1n) is 12.7. The standard InChI is InChI=1S/C29H32FN3O4S/c1-2-31-29(35)28(23-6-4-3-5-7-23)33(20-22-8-13-24(30)14-9-22)27(34)19-12-21-10-17-26(18-11-21)38(36,37)32-25-15-16-25/h3-11,13-14,17-18,25,28,32H,2,12,15-16,19-20H2,1H3,(H,31,35). The maximum atomic E-state index is 13.6. The first kappa shape index (κ1) is 27.5. The molecule has 0 spiro atoms. The molecule has 0 saturated heterocycles. The number of likely N-dealkylation sites (N-methyl/N-ethyl adjacent to an activating group) is 1. The van der Waals surface area contributed by atoms with Gasteiger partial charge in [-0.05, 0) is 67.1 Å². The van der Waals surface area contributed by atoms with Crippen LogP contribution in [-0.2, 0) is 32.6 Å². The van der Waals surface area contributed by atoms with Crippen LogP contribution in [0.15, 0.2) is 83.8 Å². The molecule has 9 heteroatoms. The van der Waals surface area contributed by atoms with E-state index in [-0.39, 0.29) is 41.5 Å². The van der Waals surface area contributed by atoms with E-state index < -0.39 is 16.1 Å². The molecule has 1 aliphatic carbocycles. The lowest BCUT2D eigenvalue weighted by Crippen LogP contribution is -2.43. The molecule has 200 valence electrons. The van der Waals surface area contributed by atoms with Crippen molar-refractivity contribution in [3.8, 4) is 0 Å². The molecule has 0 aromatic heterocycles. The molecule has 0 heterocycles. The summed E-state index contributed by atoms with van der Waals surface area (Å²) in [5.41, 5.74) is 2.18. The average Bonchev–Trinajstić information content (AvgIpc) is 3.72. The summed E-state index contributed by atoms with van der Waals surface area (Å²) in [4.78, 5) is 28.5. The Morgan fingerprint density at radius 2 is 1.58 bits per heavy atom. The molecule has 38 heavy (non-hydrogen) atoms. The molecular formula is C29H32FN3O4S. The van der Waals surface area contributed by atoms with Crippen LogP contribution in [0.25, 0.3) is 0 Å². The van der Waals surface area contributed by atoms with Gasteiger partial charge in [0, 0.05) is 25.6 Å². The Labute approximate surface area is 223 Å². The second kappa shape index (κ2) is 12.3. The van der Waals surface area contributed by atoms with Gasteiger partial charge in [0.1, 0.15) is 11.9 Å². The van der Waals surface area contributed by atoms with Gasteiger partial charge in [0.05, 0.1) is 4.90 Å². The Morgan fingerprint density at radius 1 is 0.947 bits per heavy atom. The van der Waals surface area contributed by atoms with Gasteiger partial charge in [-0.1, -0.05) is 54.6 Å². The van der Waals surface area contributed by atoms with E-state index in [0.717, 1.165) is 18.4 Å². The van der Waals surface area contributed by atoms with Crippen molar-refractivity contribution in [2.75, 3.05) is 6.54 Å². The van der Waals surface area contributed by atoms with E-state index in [0.29, 0.717) is 24.1 Å². The van der Waals surface area contributed by atoms with Crippen molar-refractivity contribution in [1.82, 2.24) is 14.9 Å². The molecule has 3 aromatic carbocycles. The van der Waals surface area contributed by atoms with Crippen molar-refractivity contribution in [3.63, 3.8) is 0 Å². The molecule has 0 aliphatic heterocycles. The molecule has 1 saturated carbocycles. The zero-order valence-electron chi connectivity index (χ0n) is 21.3. The minimum Gasteiger partial charge on any atom is -0.354 e. The fourth-order valence-electron chi connectivity index (χ4n) is 4.21. The number of carbonyl (C=O) groups excluding carboxylic acids is 2. The topological polar surface area (TPSA) is 95.6 Å². The molecule has 1 fully saturated rings. The van der Waals surface area contributed by atoms with Gasteiger partial charge in [-0.25, -0.2) is 17.5 Å². The SMILES string of the molecule is CCNC(=O)C(c1ccccc1)N(Cc1ccc(F)cc1)C(=O)CCc1ccc(S(=O)(=O)NC2CC2)cc1. The number of aryl methyl sites for hydroxylation is 1. The normalized spacial score (nSPS) is 14.1. The number of amides is 2. The van der Waals surface area contributed by atoms with Crippen molar-refractivity contribution in [3.05, 3.63) is 101 Å². The Kier molecular flexibility index (Phi) is 8.91. The molecule has 0 bridgehead atoms. The number of rotatable bonds is 12. The molecular weight excluding hydrogens is 505 g/mol. The van der Waals surface area contributed by atoms with Crippen LogP contribution < -0.4 is 10.0 Å². The molecule has 1 aliphatic rings. The number of hydrogen-bond donors (Lipinski definition) is 2. The highest BCUT2D eigenvalue weighted by Gasteiger charge is 2.31. The smallest absolute Gasteiger partial charge is 0.247 e. The van der Waals surface area contributed by atoms with Crippen molar-refractivity contribution in [2.24, 2.45) is 0 Å². The number of nitrogens with one attached hydrogen (secondary N) is 2. The minimum atomic E-state index is -3.55. The minimum absolute atomic E-state index is 0.0202. The zero-order valence-corrected chi connectivity index (χ0v) is 22.1. The second-order valence-corrected chi connectivity index (χ2v) is 11.1. The van der Waals surface area contributed by atoms with E-state index in [1.807, 2.05) is 25.1 Å². The average molecular weight is 538 g/mol. The molecule has 0 radical (unpaired) electrons. The summed E-state index contributed by atoms with van der Waals surface area (Å²) in [7, 11) is -3.55. The summed E-state index contributed by atoms with van der Waals surface area (Å²) in [5, 5.41) is 2.83. The number of halogens is 1. The molecule has 2 amide bonds. The predicted octanol–water partition coefficient (Wildman–Crippen LogP) is 4.11. The number of benzene rings is 3. The zero-order chi connectivity index (χ0) is 27.1. The van der Waals surface area contributed by atoms with Crippen LogP contribution in [0.2, 0.25) is 0 Å². The molecule has 1 atom stereocenters. The monoisotopic (exact) mass is 537 g/mol. The maximum Gasteiger partial charge on any atom is 0.247 e. The van der Waals surface area contributed by atoms with E-state index >= 15 is 0 Å². The fraction of sp³-hybridized carbons (Fsp3) is 0.310. The quantitative estimate of drug-likeness (QED) is 0.364. The van der Waals surface area contributed by atoms with E-state index in [2.05, 4.69) is 10.0 Å². The molecule has 2 N–H and O–H groups in total. The van der Waals surface area contributed by atoms with E-state index in [4.69, 9.17) is 0 Å². The Balaban J connectivity index is 1.54. The van der Waals surface area contributed by atoms with Crippen LogP contribution in [0.5, 0.6) is 0 Å². The lowest BCUT2D eigenvalue weighted by Gasteiger charge is -2.31. The summed E-state index contributed by atoms with van der Waals surface area (Å²) in [6.07, 6.45) is 2.19. The first-order valence-corrected chi connectivity index (χ1v) is 14.2. The van der Waals surface area contributed by atoms with E-state index in [9.17, 15) is 22.4 Å². The van der Waals surface area contributed by atoms with Gasteiger partial charge in [-0.15, -0.1) is 0 Å². The first-order chi connectivity index (χ1) is 18.3. The van der Waals surface area contributed by atoms with Crippen LogP contribution in [0.4, 0.5) is 4.39 Å². The van der Waals surface area contributed by atoms with Gasteiger partial charge in [0.15, 0.2) is 0 Å². The Bertz CT molecular complexity index is 1340. The highest BCUT2D eigenvalue weighted by Crippen LogP contribution is 2.26. The Morgan fingerprint density at radius 3 is 2.18 bits per heavy atom. The van der Waals surface area contributed by atoms with Crippen molar-refractivity contribution in [1.29, 1.82) is 0 Å². The summed E-state index contributed by atoms with van der Waals surface area (Å²) >= 11 is 0. The van der Waals surface area contributed by atoms with E-state index in [1.54, 1.807) is 48.5 Å². The molecule has 4 rings (SSSR count). The molecule has 7 nitrogen and oxygen atoms in total. The number of hydrogen-bond acceptors (Lipinski definition) is 4. The summed E-state index contributed by atoms with van der Waals surface area (Å²) in [5.74, 6) is -0.929. The molecule has 3 aromatic rings. The van der Waals surface area contributed by atoms with Crippen LogP contribution in [0.3, 0.4) is 0 Å². The van der Waals surface area contributed by atoms with Gasteiger partial charge in [-0.3, -0.25) is 9.59 Å². The van der Waals surface area contributed by atoms with Gasteiger partial charge in [0.2, 0.25) is 21.8 Å². The lowest BCUT2D eigenvalue weighted by atomic mass is 10.0. The predicted molar refractivity (Wildman–Crippen MR) is 143 cm³/mol. The third-order valence-corrected chi connectivity index (χ3v) is 7.91. The summed E-state index contributed by atoms with van der Waals surface area (Å²) in [6.45, 7) is 2.35. The van der Waals surface area contributed by atoms with E-state index in [1.165, 1.54) is 17.0 Å². The van der Waals surface area contributed by atoms with Gasteiger partial charge in [0.25, 0.3) is 0 Å². The van der Waals surface area contributed by atoms with Crippen molar-refractivity contribution >= 4 is 21.8 Å². The highest BCUT2D eigenvalue weighted by molar-refractivity contribution is 7.89. The third kappa shape index (κ3) is 7.26. The molecule has 1 unspecified atom stereocenters. The van der Waals surface area contributed by atoms with Crippen LogP contribution in [-0.4, -0.2) is 37.7 Å². The Hall–Kier alpha value is -3.56. The lowest BCUT2D eigenvalue weighted by molar-refractivity contribution is -0.141. The van der Waals surface area contributed by atoms with Crippen LogP contribution >= 0.6 is 0 Å². The number of sulfonamides is 1. The van der Waals surface area contributed by atoms with Crippen molar-refractivity contribution in [2.45, 2.75) is 56.1 Å². The number of nitrogens with zero attached hydrogens (tertiary/aromatic N) is 1. The van der Waals surface area contributed by atoms with Gasteiger partial charge >= 0.3 is 0 Å².